The number of methoxy groups -OCH3 is 3. The van der Waals surface area contributed by atoms with E-state index in [2.05, 4.69) is 0 Å². The van der Waals surface area contributed by atoms with Crippen molar-refractivity contribution in [3.8, 4) is 0 Å². The first-order chi connectivity index (χ1) is 32.3. The highest BCUT2D eigenvalue weighted by Gasteiger charge is 2.53. The van der Waals surface area contributed by atoms with Gasteiger partial charge in [0.25, 0.3) is 11.7 Å². The maximum Gasteiger partial charge on any atom is 0.329 e. The van der Waals surface area contributed by atoms with E-state index in [0.717, 1.165) is 12.0 Å². The van der Waals surface area contributed by atoms with Crippen LogP contribution in [0.1, 0.15) is 126 Å². The van der Waals surface area contributed by atoms with Gasteiger partial charge in [-0.2, -0.15) is 0 Å². The lowest BCUT2D eigenvalue weighted by Gasteiger charge is -2.42. The molecule has 0 radical (unpaired) electrons. The number of carbonyl (C=O) groups is 5. The molecule has 4 aliphatic rings. The Morgan fingerprint density at radius 2 is 1.59 bits per heavy atom. The van der Waals surface area contributed by atoms with Crippen LogP contribution in [0, 0.1) is 35.5 Å². The van der Waals surface area contributed by atoms with Crippen LogP contribution in [0.5, 0.6) is 0 Å². The summed E-state index contributed by atoms with van der Waals surface area (Å²) in [7, 11) is 4.58. The number of carbonyl (C=O) groups excluding carboxylic acids is 5. The Kier molecular flexibility index (Phi) is 22.9. The summed E-state index contributed by atoms with van der Waals surface area (Å²) in [5.74, 6) is -7.96. The molecule has 0 spiro atoms. The molecule has 15 nitrogen and oxygen atoms in total. The third-order valence-electron chi connectivity index (χ3n) is 14.9. The quantitative estimate of drug-likeness (QED) is 0.134. The average molecular weight is 958 g/mol. The number of aliphatic hydroxyl groups is 3. The van der Waals surface area contributed by atoms with Crippen molar-refractivity contribution in [3.63, 3.8) is 0 Å². The number of esters is 1. The number of allylic oxidation sites excluding steroid dienone is 6. The van der Waals surface area contributed by atoms with Crippen LogP contribution in [-0.2, 0) is 52.4 Å². The van der Waals surface area contributed by atoms with Gasteiger partial charge >= 0.3 is 5.97 Å². The van der Waals surface area contributed by atoms with E-state index in [9.17, 15) is 39.3 Å². The zero-order valence-corrected chi connectivity index (χ0v) is 42.4. The fourth-order valence-electron chi connectivity index (χ4n) is 10.5. The Hall–Kier alpha value is -3.41. The van der Waals surface area contributed by atoms with Gasteiger partial charge in [-0.05, 0) is 107 Å². The molecule has 3 fully saturated rings. The van der Waals surface area contributed by atoms with Crippen LogP contribution < -0.4 is 0 Å². The Labute approximate surface area is 405 Å². The molecule has 1 saturated carbocycles. The standard InChI is InChI=1S/C53H83NO14/c1-32-16-12-11-13-17-33(2)44(63-8)30-40-21-19-38(7)53(62,68-40)50(59)51(60)54-23-15-14-18-41(54)52(61)67-45(35(4)28-39-20-22-43(66-25-24-55)46(29-39)64-9)31-42(56)34(3)27-37(6)48(58)49(65-10)47(57)36(5)26-32/h11-13,16-17,27,32,34-36,38-41,43-46,48-49,55,58,62H,14-15,18-26,28-31H2,1-10H3/b13-11+,16-12+,33-17+,37-27+/t32-,34+,35+,36+,38+,39-,40-,41-,43+,44-,45-,46+,48+,49-,53+/m0/s1. The summed E-state index contributed by atoms with van der Waals surface area (Å²) >= 11 is 0. The molecule has 0 aromatic heterocycles. The number of ether oxygens (including phenoxy) is 6. The first-order valence-electron chi connectivity index (χ1n) is 25.0. The molecule has 68 heavy (non-hydrogen) atoms. The van der Waals surface area contributed by atoms with Crippen molar-refractivity contribution < 1.29 is 67.7 Å². The Bertz CT molecular complexity index is 1810. The SMILES string of the molecule is CO[C@H]1C[C@@H]2CC[C@@H](C)[C@@](O)(O2)C(=O)C(=O)N2CCCC[C@H]2C(=O)O[C@H]([C@H](C)C[C@@H]2CC[C@@H](OCCO)[C@H](OC)C2)CC(=O)[C@H](C)/C=C(\C)[C@@H](O)[C@@H](OC)C(=O)[C@H](C)C[C@@H](C)/C=C/C=C/C=C/1C. The monoisotopic (exact) mass is 958 g/mol. The molecule has 1 aliphatic carbocycles. The molecule has 0 aromatic rings. The van der Waals surface area contributed by atoms with Crippen LogP contribution in [0.4, 0.5) is 0 Å². The van der Waals surface area contributed by atoms with Crippen LogP contribution >= 0.6 is 0 Å². The van der Waals surface area contributed by atoms with E-state index < -0.39 is 77.8 Å². The number of Topliss-reactive ketones (excluding diaryl/α,β-unsaturated/α-hetero) is 3. The van der Waals surface area contributed by atoms with Gasteiger partial charge in [-0.15, -0.1) is 0 Å². The van der Waals surface area contributed by atoms with E-state index in [-0.39, 0.29) is 74.1 Å². The van der Waals surface area contributed by atoms with Crippen molar-refractivity contribution in [1.82, 2.24) is 4.90 Å². The Morgan fingerprint density at radius 3 is 2.26 bits per heavy atom. The van der Waals surface area contributed by atoms with Gasteiger partial charge in [0.1, 0.15) is 30.1 Å². The number of hydrogen-bond donors (Lipinski definition) is 3. The smallest absolute Gasteiger partial charge is 0.329 e. The van der Waals surface area contributed by atoms with E-state index in [0.29, 0.717) is 63.4 Å². The number of piperidine rings is 1. The lowest BCUT2D eigenvalue weighted by Crippen LogP contribution is -2.61. The summed E-state index contributed by atoms with van der Waals surface area (Å²) in [6.07, 6.45) is 12.0. The molecule has 2 saturated heterocycles. The Balaban J connectivity index is 1.70. The summed E-state index contributed by atoms with van der Waals surface area (Å²) in [5, 5.41) is 32.8. The van der Waals surface area contributed by atoms with Gasteiger partial charge in [-0.1, -0.05) is 71.1 Å². The molecule has 384 valence electrons. The number of amides is 1. The second-order valence-electron chi connectivity index (χ2n) is 20.2. The molecule has 3 heterocycles. The van der Waals surface area contributed by atoms with Crippen molar-refractivity contribution >= 4 is 29.2 Å². The van der Waals surface area contributed by atoms with Gasteiger partial charge in [0.15, 0.2) is 5.78 Å². The molecule has 15 atom stereocenters. The summed E-state index contributed by atoms with van der Waals surface area (Å²) < 4.78 is 35.6. The number of nitrogens with zero attached hydrogens (tertiary/aromatic N) is 1. The highest BCUT2D eigenvalue weighted by Crippen LogP contribution is 2.38. The van der Waals surface area contributed by atoms with E-state index >= 15 is 0 Å². The van der Waals surface area contributed by atoms with Gasteiger partial charge in [-0.25, -0.2) is 4.79 Å². The minimum absolute atomic E-state index is 0.0158. The summed E-state index contributed by atoms with van der Waals surface area (Å²) in [6.45, 7) is 12.9. The van der Waals surface area contributed by atoms with Crippen LogP contribution in [0.2, 0.25) is 0 Å². The van der Waals surface area contributed by atoms with Crippen molar-refractivity contribution in [2.75, 3.05) is 41.1 Å². The first kappa shape index (κ1) is 57.2. The van der Waals surface area contributed by atoms with Crippen LogP contribution in [0.15, 0.2) is 47.6 Å². The van der Waals surface area contributed by atoms with Gasteiger partial charge in [0.05, 0.1) is 37.6 Å². The molecular weight excluding hydrogens is 875 g/mol. The zero-order valence-electron chi connectivity index (χ0n) is 42.4. The molecule has 15 heteroatoms. The van der Waals surface area contributed by atoms with Crippen molar-refractivity contribution in [3.05, 3.63) is 47.6 Å². The van der Waals surface area contributed by atoms with Gasteiger partial charge < -0.3 is 48.6 Å². The molecule has 2 bridgehead atoms. The number of fused-ring (bicyclic) bond motifs is 3. The molecule has 1 amide bonds. The van der Waals surface area contributed by atoms with E-state index in [1.807, 2.05) is 58.1 Å². The van der Waals surface area contributed by atoms with Gasteiger partial charge in [0, 0.05) is 58.5 Å². The normalized spacial score (nSPS) is 39.2. The van der Waals surface area contributed by atoms with Crippen molar-refractivity contribution in [1.29, 1.82) is 0 Å². The molecule has 3 N–H and O–H groups in total. The molecule has 4 rings (SSSR count). The molecule has 0 unspecified atom stereocenters. The minimum atomic E-state index is -2.43. The number of cyclic esters (lactones) is 1. The van der Waals surface area contributed by atoms with E-state index in [1.165, 1.54) is 12.0 Å². The molecule has 0 aromatic carbocycles. The summed E-state index contributed by atoms with van der Waals surface area (Å²) in [6, 6.07) is -1.14. The van der Waals surface area contributed by atoms with Crippen molar-refractivity contribution in [2.24, 2.45) is 35.5 Å². The van der Waals surface area contributed by atoms with Crippen LogP contribution in [-0.4, -0.2) is 145 Å². The fraction of sp³-hybridized carbons (Fsp3) is 0.755. The maximum atomic E-state index is 14.5. The Morgan fingerprint density at radius 1 is 0.853 bits per heavy atom. The second-order valence-corrected chi connectivity index (χ2v) is 20.2. The number of hydrogen-bond acceptors (Lipinski definition) is 14. The number of aliphatic hydroxyl groups excluding tert-OH is 2. The van der Waals surface area contributed by atoms with Crippen molar-refractivity contribution in [2.45, 2.75) is 180 Å². The lowest BCUT2D eigenvalue weighted by atomic mass is 9.78. The lowest BCUT2D eigenvalue weighted by molar-refractivity contribution is -0.265. The molecule has 3 aliphatic heterocycles. The number of ketones is 3. The summed E-state index contributed by atoms with van der Waals surface area (Å²) in [5.41, 5.74) is 1.26. The highest BCUT2D eigenvalue weighted by molar-refractivity contribution is 6.39. The van der Waals surface area contributed by atoms with Gasteiger partial charge in [0.2, 0.25) is 5.79 Å². The largest absolute Gasteiger partial charge is 0.460 e. The molecular formula is C53H83NO14. The maximum absolute atomic E-state index is 14.5. The minimum Gasteiger partial charge on any atom is -0.460 e. The van der Waals surface area contributed by atoms with E-state index in [1.54, 1.807) is 41.1 Å². The third-order valence-corrected chi connectivity index (χ3v) is 14.9. The summed E-state index contributed by atoms with van der Waals surface area (Å²) in [4.78, 5) is 72.1. The van der Waals surface area contributed by atoms with Crippen LogP contribution in [0.3, 0.4) is 0 Å². The zero-order chi connectivity index (χ0) is 50.3. The highest BCUT2D eigenvalue weighted by atomic mass is 16.6. The second kappa shape index (κ2) is 27.3. The van der Waals surface area contributed by atoms with E-state index in [4.69, 9.17) is 28.4 Å². The van der Waals surface area contributed by atoms with Crippen LogP contribution in [0.25, 0.3) is 0 Å². The third kappa shape index (κ3) is 15.3. The topological polar surface area (TPSA) is 205 Å². The predicted octanol–water partition coefficient (Wildman–Crippen LogP) is 6.20. The number of rotatable bonds is 9. The fourth-order valence-corrected chi connectivity index (χ4v) is 10.5. The predicted molar refractivity (Wildman–Crippen MR) is 256 cm³/mol. The average Bonchev–Trinajstić information content (AvgIpc) is 3.32. The first-order valence-corrected chi connectivity index (χ1v) is 25.0. The van der Waals surface area contributed by atoms with Gasteiger partial charge in [-0.3, -0.25) is 19.2 Å².